The van der Waals surface area contributed by atoms with Crippen molar-refractivity contribution in [2.45, 2.75) is 46.1 Å². The SMILES string of the molecule is Cc1cc2c(NC3CCC(C)(C)C3)nc(NN)nc2s1. The molecule has 2 heterocycles. The van der Waals surface area contributed by atoms with Gasteiger partial charge in [0.25, 0.3) is 0 Å². The first-order chi connectivity index (χ1) is 9.47. The molecule has 1 unspecified atom stereocenters. The minimum absolute atomic E-state index is 0.420. The highest BCUT2D eigenvalue weighted by molar-refractivity contribution is 7.18. The molecule has 3 rings (SSSR count). The summed E-state index contributed by atoms with van der Waals surface area (Å²) in [5.41, 5.74) is 2.97. The molecule has 6 heteroatoms. The van der Waals surface area contributed by atoms with Crippen LogP contribution in [0.4, 0.5) is 11.8 Å². The maximum absolute atomic E-state index is 5.47. The predicted octanol–water partition coefficient (Wildman–Crippen LogP) is 3.28. The van der Waals surface area contributed by atoms with Crippen LogP contribution in [0.25, 0.3) is 10.2 Å². The quantitative estimate of drug-likeness (QED) is 0.597. The topological polar surface area (TPSA) is 75.9 Å². The molecule has 0 aromatic carbocycles. The van der Waals surface area contributed by atoms with Gasteiger partial charge in [-0.15, -0.1) is 11.3 Å². The molecule has 2 aromatic heterocycles. The molecular formula is C14H21N5S. The Labute approximate surface area is 123 Å². The summed E-state index contributed by atoms with van der Waals surface area (Å²) >= 11 is 1.67. The van der Waals surface area contributed by atoms with Gasteiger partial charge in [-0.25, -0.2) is 10.8 Å². The Bertz CT molecular complexity index is 634. The van der Waals surface area contributed by atoms with Crippen LogP contribution in [0.15, 0.2) is 6.07 Å². The van der Waals surface area contributed by atoms with Gasteiger partial charge in [-0.2, -0.15) is 4.98 Å². The van der Waals surface area contributed by atoms with Crippen molar-refractivity contribution < 1.29 is 0 Å². The number of aryl methyl sites for hydroxylation is 1. The lowest BCUT2D eigenvalue weighted by Crippen LogP contribution is -2.19. The lowest BCUT2D eigenvalue weighted by Gasteiger charge is -2.18. The van der Waals surface area contributed by atoms with Gasteiger partial charge in [0.15, 0.2) is 0 Å². The second-order valence-corrected chi connectivity index (χ2v) is 7.60. The van der Waals surface area contributed by atoms with E-state index in [0.717, 1.165) is 16.0 Å². The third-order valence-electron chi connectivity index (χ3n) is 3.95. The molecule has 5 nitrogen and oxygen atoms in total. The number of nitrogens with two attached hydrogens (primary N) is 1. The molecule has 1 atom stereocenters. The first-order valence-corrected chi connectivity index (χ1v) is 7.80. The molecule has 0 saturated heterocycles. The molecule has 108 valence electrons. The molecule has 1 saturated carbocycles. The Balaban J connectivity index is 1.93. The third kappa shape index (κ3) is 2.58. The van der Waals surface area contributed by atoms with E-state index in [0.29, 0.717) is 17.4 Å². The number of fused-ring (bicyclic) bond motifs is 1. The van der Waals surface area contributed by atoms with E-state index in [1.807, 2.05) is 0 Å². The van der Waals surface area contributed by atoms with E-state index in [4.69, 9.17) is 5.84 Å². The number of aromatic nitrogens is 2. The first kappa shape index (κ1) is 13.6. The number of rotatable bonds is 3. The van der Waals surface area contributed by atoms with E-state index in [9.17, 15) is 0 Å². The summed E-state index contributed by atoms with van der Waals surface area (Å²) in [6.45, 7) is 6.74. The summed E-state index contributed by atoms with van der Waals surface area (Å²) in [5.74, 6) is 6.84. The van der Waals surface area contributed by atoms with Crippen LogP contribution in [0.2, 0.25) is 0 Å². The molecule has 0 spiro atoms. The third-order valence-corrected chi connectivity index (χ3v) is 4.90. The average Bonchev–Trinajstić information content (AvgIpc) is 2.91. The summed E-state index contributed by atoms with van der Waals surface area (Å²) in [6.07, 6.45) is 3.61. The predicted molar refractivity (Wildman–Crippen MR) is 85.0 cm³/mol. The van der Waals surface area contributed by atoms with E-state index in [2.05, 4.69) is 47.5 Å². The fourth-order valence-electron chi connectivity index (χ4n) is 2.97. The summed E-state index contributed by atoms with van der Waals surface area (Å²) in [4.78, 5) is 11.1. The fourth-order valence-corrected chi connectivity index (χ4v) is 3.85. The standard InChI is InChI=1S/C14H21N5S/c1-8-6-10-11(16-9-4-5-14(2,3)7-9)17-13(19-15)18-12(10)20-8/h6,9H,4-5,7,15H2,1-3H3,(H2,16,17,18,19). The molecule has 1 fully saturated rings. The van der Waals surface area contributed by atoms with Crippen LogP contribution in [0.3, 0.4) is 0 Å². The van der Waals surface area contributed by atoms with Gasteiger partial charge in [-0.3, -0.25) is 5.43 Å². The maximum Gasteiger partial charge on any atom is 0.240 e. The van der Waals surface area contributed by atoms with E-state index in [1.165, 1.54) is 24.1 Å². The lowest BCUT2D eigenvalue weighted by molar-refractivity contribution is 0.378. The lowest BCUT2D eigenvalue weighted by atomic mass is 9.92. The first-order valence-electron chi connectivity index (χ1n) is 6.98. The molecule has 1 aliphatic rings. The van der Waals surface area contributed by atoms with Gasteiger partial charge in [0, 0.05) is 10.9 Å². The summed E-state index contributed by atoms with van der Waals surface area (Å²) < 4.78 is 0. The van der Waals surface area contributed by atoms with Crippen molar-refractivity contribution in [1.82, 2.24) is 9.97 Å². The van der Waals surface area contributed by atoms with Crippen molar-refractivity contribution in [2.24, 2.45) is 11.3 Å². The van der Waals surface area contributed by atoms with Gasteiger partial charge in [-0.1, -0.05) is 13.8 Å². The molecule has 20 heavy (non-hydrogen) atoms. The number of anilines is 2. The van der Waals surface area contributed by atoms with E-state index in [-0.39, 0.29) is 0 Å². The molecule has 2 aromatic rings. The van der Waals surface area contributed by atoms with Crippen LogP contribution >= 0.6 is 11.3 Å². The molecule has 0 bridgehead atoms. The van der Waals surface area contributed by atoms with Gasteiger partial charge in [0.1, 0.15) is 10.6 Å². The number of nitrogens with zero attached hydrogens (tertiary/aromatic N) is 2. The van der Waals surface area contributed by atoms with Crippen LogP contribution in [0.1, 0.15) is 38.0 Å². The van der Waals surface area contributed by atoms with E-state index in [1.54, 1.807) is 11.3 Å². The highest BCUT2D eigenvalue weighted by Crippen LogP contribution is 2.39. The highest BCUT2D eigenvalue weighted by atomic mass is 32.1. The fraction of sp³-hybridized carbons (Fsp3) is 0.571. The highest BCUT2D eigenvalue weighted by Gasteiger charge is 2.31. The van der Waals surface area contributed by atoms with Gasteiger partial charge < -0.3 is 5.32 Å². The van der Waals surface area contributed by atoms with Crippen LogP contribution in [-0.4, -0.2) is 16.0 Å². The minimum Gasteiger partial charge on any atom is -0.367 e. The Morgan fingerprint density at radius 1 is 1.40 bits per heavy atom. The number of nitrogens with one attached hydrogen (secondary N) is 2. The van der Waals surface area contributed by atoms with Crippen molar-refractivity contribution in [3.8, 4) is 0 Å². The molecule has 4 N–H and O–H groups in total. The van der Waals surface area contributed by atoms with E-state index < -0.39 is 0 Å². The van der Waals surface area contributed by atoms with Crippen LogP contribution in [0.5, 0.6) is 0 Å². The van der Waals surface area contributed by atoms with Gasteiger partial charge >= 0.3 is 0 Å². The second kappa shape index (κ2) is 4.86. The number of hydrogen-bond acceptors (Lipinski definition) is 6. The smallest absolute Gasteiger partial charge is 0.240 e. The zero-order valence-corrected chi connectivity index (χ0v) is 13.0. The second-order valence-electron chi connectivity index (χ2n) is 6.36. The van der Waals surface area contributed by atoms with Gasteiger partial charge in [0.05, 0.1) is 5.39 Å². The maximum atomic E-state index is 5.47. The van der Waals surface area contributed by atoms with Gasteiger partial charge in [-0.05, 0) is 37.7 Å². The Hall–Kier alpha value is -1.40. The largest absolute Gasteiger partial charge is 0.367 e. The van der Waals surface area contributed by atoms with Crippen LogP contribution in [-0.2, 0) is 0 Å². The van der Waals surface area contributed by atoms with Crippen molar-refractivity contribution in [1.29, 1.82) is 0 Å². The summed E-state index contributed by atoms with van der Waals surface area (Å²) in [7, 11) is 0. The van der Waals surface area contributed by atoms with Crippen molar-refractivity contribution in [2.75, 3.05) is 10.7 Å². The van der Waals surface area contributed by atoms with Crippen molar-refractivity contribution >= 4 is 33.3 Å². The van der Waals surface area contributed by atoms with E-state index >= 15 is 0 Å². The monoisotopic (exact) mass is 291 g/mol. The van der Waals surface area contributed by atoms with Crippen molar-refractivity contribution in [3.05, 3.63) is 10.9 Å². The number of thiophene rings is 1. The van der Waals surface area contributed by atoms with Crippen LogP contribution in [0, 0.1) is 12.3 Å². The number of nitrogen functional groups attached to an aromatic ring is 1. The average molecular weight is 291 g/mol. The molecule has 0 radical (unpaired) electrons. The van der Waals surface area contributed by atoms with Gasteiger partial charge in [0.2, 0.25) is 5.95 Å². The summed E-state index contributed by atoms with van der Waals surface area (Å²) in [6, 6.07) is 2.62. The van der Waals surface area contributed by atoms with Crippen LogP contribution < -0.4 is 16.6 Å². The molecular weight excluding hydrogens is 270 g/mol. The number of hydrazine groups is 1. The number of hydrogen-bond donors (Lipinski definition) is 3. The minimum atomic E-state index is 0.420. The Morgan fingerprint density at radius 2 is 2.20 bits per heavy atom. The Morgan fingerprint density at radius 3 is 2.85 bits per heavy atom. The molecule has 0 amide bonds. The molecule has 1 aliphatic carbocycles. The molecule has 0 aliphatic heterocycles. The normalized spacial score (nSPS) is 21.3. The zero-order valence-electron chi connectivity index (χ0n) is 12.2. The van der Waals surface area contributed by atoms with Crippen molar-refractivity contribution in [3.63, 3.8) is 0 Å². The summed E-state index contributed by atoms with van der Waals surface area (Å²) in [5, 5.41) is 4.68. The Kier molecular flexibility index (Phi) is 3.30. The zero-order chi connectivity index (χ0) is 14.3.